The Morgan fingerprint density at radius 3 is 2.38 bits per heavy atom. The summed E-state index contributed by atoms with van der Waals surface area (Å²) < 4.78 is 52.2. The van der Waals surface area contributed by atoms with Crippen LogP contribution in [0.1, 0.15) is 33.5 Å². The Morgan fingerprint density at radius 1 is 0.850 bits per heavy atom. The van der Waals surface area contributed by atoms with Gasteiger partial charge in [-0.1, -0.05) is 54.1 Å². The Morgan fingerprint density at radius 2 is 1.60 bits per heavy atom. The van der Waals surface area contributed by atoms with Crippen LogP contribution < -0.4 is 14.8 Å². The summed E-state index contributed by atoms with van der Waals surface area (Å²) in [5, 5.41) is 2.90. The first kappa shape index (κ1) is 28.8. The highest BCUT2D eigenvalue weighted by Gasteiger charge is 2.22. The van der Waals surface area contributed by atoms with Crippen molar-refractivity contribution in [3.8, 4) is 22.6 Å². The Bertz CT molecular complexity index is 1620. The lowest BCUT2D eigenvalue weighted by molar-refractivity contribution is 0.0950. The Balaban J connectivity index is 1.45. The van der Waals surface area contributed by atoms with Crippen molar-refractivity contribution >= 4 is 15.7 Å². The molecule has 0 aromatic heterocycles. The molecule has 4 rings (SSSR count). The number of nitrogens with one attached hydrogen (secondary N) is 1. The summed E-state index contributed by atoms with van der Waals surface area (Å²) in [6.45, 7) is 2.31. The van der Waals surface area contributed by atoms with E-state index in [1.165, 1.54) is 26.4 Å². The number of ether oxygens (including phenoxy) is 2. The summed E-state index contributed by atoms with van der Waals surface area (Å²) in [5.41, 5.74) is 3.73. The molecule has 0 bridgehead atoms. The number of para-hydroxylation sites is 1. The summed E-state index contributed by atoms with van der Waals surface area (Å²) in [7, 11) is -0.881. The zero-order valence-electron chi connectivity index (χ0n) is 22.7. The van der Waals surface area contributed by atoms with Crippen molar-refractivity contribution in [2.75, 3.05) is 20.8 Å². The molecule has 0 fully saturated rings. The van der Waals surface area contributed by atoms with Crippen molar-refractivity contribution in [1.29, 1.82) is 0 Å². The fourth-order valence-electron chi connectivity index (χ4n) is 4.54. The van der Waals surface area contributed by atoms with Crippen LogP contribution in [0.5, 0.6) is 11.5 Å². The van der Waals surface area contributed by atoms with Gasteiger partial charge in [-0.2, -0.15) is 0 Å². The summed E-state index contributed by atoms with van der Waals surface area (Å²) in [4.78, 5) is 12.5. The maximum absolute atomic E-state index is 14.5. The molecule has 6 nitrogen and oxygen atoms in total. The minimum atomic E-state index is -3.82. The molecule has 8 heteroatoms. The van der Waals surface area contributed by atoms with E-state index in [2.05, 4.69) is 5.32 Å². The number of methoxy groups -OCH3 is 2. The van der Waals surface area contributed by atoms with E-state index in [-0.39, 0.29) is 22.3 Å². The smallest absolute Gasteiger partial charge is 0.255 e. The average molecular weight is 562 g/mol. The van der Waals surface area contributed by atoms with Crippen LogP contribution in [0.4, 0.5) is 4.39 Å². The molecule has 0 unspecified atom stereocenters. The van der Waals surface area contributed by atoms with Gasteiger partial charge in [0.05, 0.1) is 25.5 Å². The Labute approximate surface area is 234 Å². The number of sulfone groups is 1. The molecular formula is C32H32FNO5S. The van der Waals surface area contributed by atoms with Crippen LogP contribution in [-0.4, -0.2) is 35.1 Å². The van der Waals surface area contributed by atoms with E-state index in [0.29, 0.717) is 47.4 Å². The molecule has 0 aliphatic rings. The highest BCUT2D eigenvalue weighted by Crippen LogP contribution is 2.33. The molecule has 0 aliphatic heterocycles. The van der Waals surface area contributed by atoms with Gasteiger partial charge >= 0.3 is 0 Å². The molecule has 0 aliphatic carbocycles. The highest BCUT2D eigenvalue weighted by atomic mass is 32.2. The van der Waals surface area contributed by atoms with E-state index < -0.39 is 15.7 Å². The molecule has 1 N–H and O–H groups in total. The fourth-order valence-corrected chi connectivity index (χ4v) is 6.08. The number of hydrogen-bond acceptors (Lipinski definition) is 5. The molecule has 0 radical (unpaired) electrons. The second-order valence-corrected chi connectivity index (χ2v) is 11.4. The topological polar surface area (TPSA) is 81.7 Å². The predicted molar refractivity (Wildman–Crippen MR) is 154 cm³/mol. The van der Waals surface area contributed by atoms with Crippen molar-refractivity contribution in [3.63, 3.8) is 0 Å². The van der Waals surface area contributed by atoms with Crippen LogP contribution in [0.25, 0.3) is 11.1 Å². The van der Waals surface area contributed by atoms with E-state index in [9.17, 15) is 17.6 Å². The SMILES string of the molecule is COc1ccccc1C(=O)NCCCc1cccc(CS(=O)(=O)c2cc(-c3cc(C)ccc3F)ccc2OC)c1. The predicted octanol–water partition coefficient (Wildman–Crippen LogP) is 6.15. The summed E-state index contributed by atoms with van der Waals surface area (Å²) in [5.74, 6) is -0.148. The van der Waals surface area contributed by atoms with Crippen molar-refractivity contribution in [3.05, 3.63) is 113 Å². The second kappa shape index (κ2) is 12.8. The van der Waals surface area contributed by atoms with Gasteiger partial charge in [-0.3, -0.25) is 4.79 Å². The first-order chi connectivity index (χ1) is 19.2. The lowest BCUT2D eigenvalue weighted by Gasteiger charge is -2.13. The van der Waals surface area contributed by atoms with Gasteiger partial charge in [-0.15, -0.1) is 0 Å². The van der Waals surface area contributed by atoms with Crippen molar-refractivity contribution in [2.45, 2.75) is 30.4 Å². The summed E-state index contributed by atoms with van der Waals surface area (Å²) in [6, 6.07) is 23.8. The van der Waals surface area contributed by atoms with Crippen molar-refractivity contribution in [1.82, 2.24) is 5.32 Å². The number of carbonyl (C=O) groups is 1. The third kappa shape index (κ3) is 6.87. The van der Waals surface area contributed by atoms with Crippen LogP contribution in [0.15, 0.2) is 89.8 Å². The van der Waals surface area contributed by atoms with Crippen LogP contribution >= 0.6 is 0 Å². The average Bonchev–Trinajstić information content (AvgIpc) is 2.96. The number of amides is 1. The minimum absolute atomic E-state index is 0.0119. The normalized spacial score (nSPS) is 11.2. The molecule has 0 saturated heterocycles. The van der Waals surface area contributed by atoms with Gasteiger partial charge in [-0.25, -0.2) is 12.8 Å². The van der Waals surface area contributed by atoms with Crippen LogP contribution in [0, 0.1) is 12.7 Å². The molecule has 4 aromatic carbocycles. The standard InChI is InChI=1S/C32H32FNO5S/c1-22-13-15-28(33)27(18-22)25-14-16-30(39-3)31(20-25)40(36,37)21-24-9-6-8-23(19-24)10-7-17-34-32(35)26-11-4-5-12-29(26)38-2/h4-6,8-9,11-16,18-20H,7,10,17,21H2,1-3H3,(H,34,35). The van der Waals surface area contributed by atoms with Crippen molar-refractivity contribution < 1.29 is 27.1 Å². The zero-order chi connectivity index (χ0) is 28.7. The Hall–Kier alpha value is -4.17. The number of hydrogen-bond donors (Lipinski definition) is 1. The molecule has 0 atom stereocenters. The van der Waals surface area contributed by atoms with Crippen LogP contribution in [-0.2, 0) is 22.0 Å². The maximum atomic E-state index is 14.5. The van der Waals surface area contributed by atoms with E-state index in [1.807, 2.05) is 25.1 Å². The molecule has 0 heterocycles. The number of halogens is 1. The van der Waals surface area contributed by atoms with E-state index in [4.69, 9.17) is 9.47 Å². The fraction of sp³-hybridized carbons (Fsp3) is 0.219. The Kier molecular flexibility index (Phi) is 9.22. The van der Waals surface area contributed by atoms with E-state index in [1.54, 1.807) is 54.6 Å². The largest absolute Gasteiger partial charge is 0.496 e. The zero-order valence-corrected chi connectivity index (χ0v) is 23.6. The maximum Gasteiger partial charge on any atom is 0.255 e. The minimum Gasteiger partial charge on any atom is -0.496 e. The molecular weight excluding hydrogens is 529 g/mol. The lowest BCUT2D eigenvalue weighted by atomic mass is 10.0. The van der Waals surface area contributed by atoms with Gasteiger partial charge < -0.3 is 14.8 Å². The van der Waals surface area contributed by atoms with Crippen molar-refractivity contribution in [2.24, 2.45) is 0 Å². The summed E-state index contributed by atoms with van der Waals surface area (Å²) in [6.07, 6.45) is 1.33. The highest BCUT2D eigenvalue weighted by molar-refractivity contribution is 7.90. The van der Waals surface area contributed by atoms with Gasteiger partial charge in [-0.05, 0) is 72.9 Å². The van der Waals surface area contributed by atoms with E-state index >= 15 is 0 Å². The van der Waals surface area contributed by atoms with Crippen LogP contribution in [0.3, 0.4) is 0 Å². The third-order valence-electron chi connectivity index (χ3n) is 6.56. The molecule has 0 saturated carbocycles. The van der Waals surface area contributed by atoms with E-state index in [0.717, 1.165) is 11.1 Å². The lowest BCUT2D eigenvalue weighted by Crippen LogP contribution is -2.25. The van der Waals surface area contributed by atoms with Gasteiger partial charge in [0.2, 0.25) is 0 Å². The molecule has 4 aromatic rings. The number of carbonyl (C=O) groups excluding carboxylic acids is 1. The first-order valence-electron chi connectivity index (χ1n) is 12.9. The van der Waals surface area contributed by atoms with Gasteiger partial charge in [0.1, 0.15) is 22.2 Å². The molecule has 208 valence electrons. The molecule has 0 spiro atoms. The van der Waals surface area contributed by atoms with Gasteiger partial charge in [0.15, 0.2) is 9.84 Å². The monoisotopic (exact) mass is 561 g/mol. The number of aryl methyl sites for hydroxylation is 2. The molecule has 40 heavy (non-hydrogen) atoms. The van der Waals surface area contributed by atoms with Crippen LogP contribution in [0.2, 0.25) is 0 Å². The summed E-state index contributed by atoms with van der Waals surface area (Å²) >= 11 is 0. The number of benzene rings is 4. The number of rotatable bonds is 11. The first-order valence-corrected chi connectivity index (χ1v) is 14.5. The van der Waals surface area contributed by atoms with Gasteiger partial charge in [0, 0.05) is 12.1 Å². The molecule has 1 amide bonds. The second-order valence-electron chi connectivity index (χ2n) is 9.49. The third-order valence-corrected chi connectivity index (χ3v) is 8.26. The quantitative estimate of drug-likeness (QED) is 0.222. The van der Waals surface area contributed by atoms with Gasteiger partial charge in [0.25, 0.3) is 5.91 Å².